The molecular formula is C19H22N2O2. The molecule has 3 rings (SSSR count). The molecule has 1 heterocycles. The summed E-state index contributed by atoms with van der Waals surface area (Å²) in [6, 6.07) is 16.3. The standard InChI is InChI=1S/C19H22N2O2/c1-15(22)19-17(9-6-10-18(19)23-2)21-13-11-20(12-14-21)16-7-4-3-5-8-16/h3-10H,11-14H2,1-2H3. The molecule has 1 saturated heterocycles. The third kappa shape index (κ3) is 3.16. The van der Waals surface area contributed by atoms with Crippen molar-refractivity contribution in [3.63, 3.8) is 0 Å². The van der Waals surface area contributed by atoms with E-state index in [1.807, 2.05) is 24.3 Å². The Bertz CT molecular complexity index is 677. The molecule has 2 aromatic rings. The van der Waals surface area contributed by atoms with Crippen LogP contribution in [0.5, 0.6) is 5.75 Å². The van der Waals surface area contributed by atoms with E-state index in [4.69, 9.17) is 4.74 Å². The van der Waals surface area contributed by atoms with E-state index in [2.05, 4.69) is 34.1 Å². The van der Waals surface area contributed by atoms with Crippen LogP contribution in [0.1, 0.15) is 17.3 Å². The molecule has 4 heteroatoms. The predicted molar refractivity (Wildman–Crippen MR) is 93.9 cm³/mol. The second kappa shape index (κ2) is 6.73. The lowest BCUT2D eigenvalue weighted by atomic mass is 10.1. The molecular weight excluding hydrogens is 288 g/mol. The van der Waals surface area contributed by atoms with Gasteiger partial charge in [-0.1, -0.05) is 24.3 Å². The van der Waals surface area contributed by atoms with Crippen molar-refractivity contribution in [1.29, 1.82) is 0 Å². The van der Waals surface area contributed by atoms with Gasteiger partial charge in [0.05, 0.1) is 18.4 Å². The second-order valence-electron chi connectivity index (χ2n) is 5.72. The Morgan fingerprint density at radius 2 is 1.57 bits per heavy atom. The van der Waals surface area contributed by atoms with E-state index < -0.39 is 0 Å². The van der Waals surface area contributed by atoms with Gasteiger partial charge in [0.1, 0.15) is 5.75 Å². The van der Waals surface area contributed by atoms with Crippen LogP contribution < -0.4 is 14.5 Å². The van der Waals surface area contributed by atoms with E-state index in [0.717, 1.165) is 31.9 Å². The van der Waals surface area contributed by atoms with Gasteiger partial charge >= 0.3 is 0 Å². The monoisotopic (exact) mass is 310 g/mol. The van der Waals surface area contributed by atoms with Crippen molar-refractivity contribution < 1.29 is 9.53 Å². The van der Waals surface area contributed by atoms with Crippen LogP contribution in [0.25, 0.3) is 0 Å². The van der Waals surface area contributed by atoms with Gasteiger partial charge in [-0.15, -0.1) is 0 Å². The maximum Gasteiger partial charge on any atom is 0.165 e. The molecule has 120 valence electrons. The Hall–Kier alpha value is -2.49. The molecule has 4 nitrogen and oxygen atoms in total. The van der Waals surface area contributed by atoms with Crippen LogP contribution >= 0.6 is 0 Å². The van der Waals surface area contributed by atoms with E-state index in [1.54, 1.807) is 14.0 Å². The predicted octanol–water partition coefficient (Wildman–Crippen LogP) is 3.22. The Morgan fingerprint density at radius 1 is 0.913 bits per heavy atom. The summed E-state index contributed by atoms with van der Waals surface area (Å²) in [7, 11) is 1.61. The lowest BCUT2D eigenvalue weighted by molar-refractivity contribution is 0.101. The topological polar surface area (TPSA) is 32.8 Å². The molecule has 0 unspecified atom stereocenters. The number of hydrogen-bond donors (Lipinski definition) is 0. The highest BCUT2D eigenvalue weighted by Crippen LogP contribution is 2.31. The van der Waals surface area contributed by atoms with Crippen LogP contribution in [-0.2, 0) is 0 Å². The van der Waals surface area contributed by atoms with E-state index in [9.17, 15) is 4.79 Å². The van der Waals surface area contributed by atoms with Crippen molar-refractivity contribution >= 4 is 17.2 Å². The number of carbonyl (C=O) groups is 1. The summed E-state index contributed by atoms with van der Waals surface area (Å²) in [4.78, 5) is 16.7. The van der Waals surface area contributed by atoms with Gasteiger partial charge in [0.15, 0.2) is 5.78 Å². The average Bonchev–Trinajstić information content (AvgIpc) is 2.61. The molecule has 1 aliphatic rings. The molecule has 0 aliphatic carbocycles. The molecule has 1 fully saturated rings. The highest BCUT2D eigenvalue weighted by atomic mass is 16.5. The van der Waals surface area contributed by atoms with E-state index in [0.29, 0.717) is 11.3 Å². The Balaban J connectivity index is 1.79. The third-order valence-electron chi connectivity index (χ3n) is 4.32. The summed E-state index contributed by atoms with van der Waals surface area (Å²) in [5, 5.41) is 0. The van der Waals surface area contributed by atoms with Crippen LogP contribution in [0.15, 0.2) is 48.5 Å². The van der Waals surface area contributed by atoms with Gasteiger partial charge in [-0.2, -0.15) is 0 Å². The zero-order valence-electron chi connectivity index (χ0n) is 13.7. The first kappa shape index (κ1) is 15.4. The number of para-hydroxylation sites is 1. The lowest BCUT2D eigenvalue weighted by Gasteiger charge is -2.38. The zero-order chi connectivity index (χ0) is 16.2. The smallest absolute Gasteiger partial charge is 0.165 e. The third-order valence-corrected chi connectivity index (χ3v) is 4.32. The maximum absolute atomic E-state index is 12.1. The van der Waals surface area contributed by atoms with Gasteiger partial charge in [-0.25, -0.2) is 0 Å². The molecule has 0 radical (unpaired) electrons. The fraction of sp³-hybridized carbons (Fsp3) is 0.316. The van der Waals surface area contributed by atoms with Crippen molar-refractivity contribution in [2.24, 2.45) is 0 Å². The molecule has 0 saturated carbocycles. The highest BCUT2D eigenvalue weighted by molar-refractivity contribution is 6.02. The highest BCUT2D eigenvalue weighted by Gasteiger charge is 2.22. The first-order valence-corrected chi connectivity index (χ1v) is 7.93. The molecule has 0 bridgehead atoms. The molecule has 23 heavy (non-hydrogen) atoms. The fourth-order valence-electron chi connectivity index (χ4n) is 3.15. The minimum absolute atomic E-state index is 0.0444. The number of anilines is 2. The van der Waals surface area contributed by atoms with Gasteiger partial charge in [0.25, 0.3) is 0 Å². The van der Waals surface area contributed by atoms with E-state index >= 15 is 0 Å². The van der Waals surface area contributed by atoms with Crippen LogP contribution in [0.2, 0.25) is 0 Å². The molecule has 1 aliphatic heterocycles. The van der Waals surface area contributed by atoms with Crippen LogP contribution in [0, 0.1) is 0 Å². The number of nitrogens with zero attached hydrogens (tertiary/aromatic N) is 2. The molecule has 0 aromatic heterocycles. The van der Waals surface area contributed by atoms with Crippen molar-refractivity contribution in [2.75, 3.05) is 43.1 Å². The van der Waals surface area contributed by atoms with Gasteiger partial charge in [0, 0.05) is 31.9 Å². The van der Waals surface area contributed by atoms with Crippen molar-refractivity contribution in [2.45, 2.75) is 6.92 Å². The molecule has 0 amide bonds. The summed E-state index contributed by atoms with van der Waals surface area (Å²) < 4.78 is 5.37. The molecule has 2 aromatic carbocycles. The van der Waals surface area contributed by atoms with Crippen LogP contribution in [0.3, 0.4) is 0 Å². The first-order chi connectivity index (χ1) is 11.2. The maximum atomic E-state index is 12.1. The number of rotatable bonds is 4. The molecule has 0 atom stereocenters. The molecule has 0 spiro atoms. The zero-order valence-corrected chi connectivity index (χ0v) is 13.7. The Labute approximate surface area is 137 Å². The summed E-state index contributed by atoms with van der Waals surface area (Å²) in [5.41, 5.74) is 2.91. The SMILES string of the molecule is COc1cccc(N2CCN(c3ccccc3)CC2)c1C(C)=O. The summed E-state index contributed by atoms with van der Waals surface area (Å²) in [6.45, 7) is 5.27. The first-order valence-electron chi connectivity index (χ1n) is 7.93. The summed E-state index contributed by atoms with van der Waals surface area (Å²) in [6.07, 6.45) is 0. The quantitative estimate of drug-likeness (QED) is 0.812. The number of hydrogen-bond acceptors (Lipinski definition) is 4. The lowest BCUT2D eigenvalue weighted by Crippen LogP contribution is -2.47. The number of methoxy groups -OCH3 is 1. The Kier molecular flexibility index (Phi) is 4.51. The minimum Gasteiger partial charge on any atom is -0.496 e. The Morgan fingerprint density at radius 3 is 2.17 bits per heavy atom. The van der Waals surface area contributed by atoms with Gasteiger partial charge in [0.2, 0.25) is 0 Å². The minimum atomic E-state index is 0.0444. The largest absolute Gasteiger partial charge is 0.496 e. The number of piperazine rings is 1. The normalized spacial score (nSPS) is 14.7. The van der Waals surface area contributed by atoms with Gasteiger partial charge < -0.3 is 14.5 Å². The second-order valence-corrected chi connectivity index (χ2v) is 5.72. The summed E-state index contributed by atoms with van der Waals surface area (Å²) in [5.74, 6) is 0.698. The average molecular weight is 310 g/mol. The van der Waals surface area contributed by atoms with Crippen molar-refractivity contribution in [3.8, 4) is 5.75 Å². The number of ketones is 1. The number of Topliss-reactive ketones (excluding diaryl/α,β-unsaturated/α-hetero) is 1. The fourth-order valence-corrected chi connectivity index (χ4v) is 3.15. The number of ether oxygens (including phenoxy) is 1. The van der Waals surface area contributed by atoms with E-state index in [-0.39, 0.29) is 5.78 Å². The van der Waals surface area contributed by atoms with Gasteiger partial charge in [-0.05, 0) is 31.2 Å². The van der Waals surface area contributed by atoms with Gasteiger partial charge in [-0.3, -0.25) is 4.79 Å². The van der Waals surface area contributed by atoms with Crippen LogP contribution in [0.4, 0.5) is 11.4 Å². The van der Waals surface area contributed by atoms with E-state index in [1.165, 1.54) is 5.69 Å². The van der Waals surface area contributed by atoms with Crippen LogP contribution in [-0.4, -0.2) is 39.1 Å². The number of carbonyl (C=O) groups excluding carboxylic acids is 1. The van der Waals surface area contributed by atoms with Crippen molar-refractivity contribution in [3.05, 3.63) is 54.1 Å². The number of benzene rings is 2. The summed E-state index contributed by atoms with van der Waals surface area (Å²) >= 11 is 0. The van der Waals surface area contributed by atoms with Crippen molar-refractivity contribution in [1.82, 2.24) is 0 Å². The molecule has 0 N–H and O–H groups in total.